The SMILES string of the molecule is O=C(Nc1ccccc1F)Nc1ccc(C(=O)O)cc1F. The maximum atomic E-state index is 13.6. The van der Waals surface area contributed by atoms with Gasteiger partial charge in [0.2, 0.25) is 0 Å². The Labute approximate surface area is 118 Å². The third kappa shape index (κ3) is 3.53. The summed E-state index contributed by atoms with van der Waals surface area (Å²) in [5.74, 6) is -2.82. The minimum absolute atomic E-state index is 0.0578. The first-order valence-electron chi connectivity index (χ1n) is 5.83. The Hall–Kier alpha value is -2.96. The first-order valence-corrected chi connectivity index (χ1v) is 5.83. The summed E-state index contributed by atoms with van der Waals surface area (Å²) in [4.78, 5) is 22.3. The van der Waals surface area contributed by atoms with Gasteiger partial charge in [-0.2, -0.15) is 0 Å². The van der Waals surface area contributed by atoms with Gasteiger partial charge in [0.05, 0.1) is 16.9 Å². The number of amides is 2. The number of aromatic carboxylic acids is 1. The number of hydrogen-bond acceptors (Lipinski definition) is 2. The van der Waals surface area contributed by atoms with Gasteiger partial charge in [0.15, 0.2) is 0 Å². The number of carboxylic acid groups (broad SMARTS) is 1. The predicted molar refractivity (Wildman–Crippen MR) is 72.4 cm³/mol. The standard InChI is InChI=1S/C14H10F2N2O3/c15-9-3-1-2-4-11(9)17-14(21)18-12-6-5-8(13(19)20)7-10(12)16/h1-7H,(H,19,20)(H2,17,18,21). The Morgan fingerprint density at radius 2 is 1.52 bits per heavy atom. The second kappa shape index (κ2) is 6.00. The molecule has 108 valence electrons. The van der Waals surface area contributed by atoms with Crippen molar-refractivity contribution in [2.24, 2.45) is 0 Å². The Morgan fingerprint density at radius 1 is 0.905 bits per heavy atom. The molecule has 3 N–H and O–H groups in total. The molecule has 0 aliphatic carbocycles. The number of hydrogen-bond donors (Lipinski definition) is 3. The first-order chi connectivity index (χ1) is 9.97. The molecule has 7 heteroatoms. The number of para-hydroxylation sites is 1. The topological polar surface area (TPSA) is 78.4 Å². The van der Waals surface area contributed by atoms with Gasteiger partial charge in [0.1, 0.15) is 11.6 Å². The van der Waals surface area contributed by atoms with Crippen LogP contribution in [-0.4, -0.2) is 17.1 Å². The maximum absolute atomic E-state index is 13.6. The highest BCUT2D eigenvalue weighted by molar-refractivity contribution is 6.00. The molecule has 0 bridgehead atoms. The third-order valence-corrected chi connectivity index (χ3v) is 2.59. The van der Waals surface area contributed by atoms with E-state index in [1.807, 2.05) is 0 Å². The molecule has 0 aliphatic rings. The van der Waals surface area contributed by atoms with Gasteiger partial charge < -0.3 is 15.7 Å². The molecule has 0 heterocycles. The number of benzene rings is 2. The van der Waals surface area contributed by atoms with Crippen molar-refractivity contribution < 1.29 is 23.5 Å². The lowest BCUT2D eigenvalue weighted by molar-refractivity contribution is 0.0696. The highest BCUT2D eigenvalue weighted by Gasteiger charge is 2.11. The number of carbonyl (C=O) groups excluding carboxylic acids is 1. The number of rotatable bonds is 3. The lowest BCUT2D eigenvalue weighted by Crippen LogP contribution is -2.20. The van der Waals surface area contributed by atoms with Gasteiger partial charge >= 0.3 is 12.0 Å². The maximum Gasteiger partial charge on any atom is 0.335 e. The smallest absolute Gasteiger partial charge is 0.335 e. The van der Waals surface area contributed by atoms with Gasteiger partial charge in [0, 0.05) is 0 Å². The van der Waals surface area contributed by atoms with Gasteiger partial charge in [-0.15, -0.1) is 0 Å². The first kappa shape index (κ1) is 14.4. The van der Waals surface area contributed by atoms with Crippen LogP contribution >= 0.6 is 0 Å². The molecule has 0 unspecified atom stereocenters. The summed E-state index contributed by atoms with van der Waals surface area (Å²) in [6, 6.07) is 7.69. The van der Waals surface area contributed by atoms with Crippen LogP contribution < -0.4 is 10.6 Å². The fourth-order valence-corrected chi connectivity index (χ4v) is 1.59. The van der Waals surface area contributed by atoms with Crippen molar-refractivity contribution >= 4 is 23.4 Å². The van der Waals surface area contributed by atoms with Crippen LogP contribution in [0.25, 0.3) is 0 Å². The number of carboxylic acids is 1. The van der Waals surface area contributed by atoms with E-state index in [0.29, 0.717) is 0 Å². The Bertz CT molecular complexity index is 704. The van der Waals surface area contributed by atoms with E-state index in [1.54, 1.807) is 0 Å². The van der Waals surface area contributed by atoms with Gasteiger partial charge in [-0.1, -0.05) is 12.1 Å². The number of carbonyl (C=O) groups is 2. The van der Waals surface area contributed by atoms with E-state index < -0.39 is 23.6 Å². The van der Waals surface area contributed by atoms with Crippen LogP contribution in [0.3, 0.4) is 0 Å². The average Bonchev–Trinajstić information content (AvgIpc) is 2.43. The number of anilines is 2. The monoisotopic (exact) mass is 292 g/mol. The summed E-state index contributed by atoms with van der Waals surface area (Å²) >= 11 is 0. The summed E-state index contributed by atoms with van der Waals surface area (Å²) in [6.07, 6.45) is 0. The average molecular weight is 292 g/mol. The number of nitrogens with one attached hydrogen (secondary N) is 2. The minimum Gasteiger partial charge on any atom is -0.478 e. The Balaban J connectivity index is 2.10. The molecule has 0 spiro atoms. The van der Waals surface area contributed by atoms with Gasteiger partial charge in [-0.3, -0.25) is 0 Å². The zero-order chi connectivity index (χ0) is 15.4. The van der Waals surface area contributed by atoms with Crippen molar-refractivity contribution in [3.05, 3.63) is 59.7 Å². The predicted octanol–water partition coefficient (Wildman–Crippen LogP) is 3.31. The Morgan fingerprint density at radius 3 is 2.10 bits per heavy atom. The van der Waals surface area contributed by atoms with E-state index in [0.717, 1.165) is 24.3 Å². The molecule has 0 atom stereocenters. The fraction of sp³-hybridized carbons (Fsp3) is 0. The molecule has 0 fully saturated rings. The second-order valence-electron chi connectivity index (χ2n) is 4.06. The fourth-order valence-electron chi connectivity index (χ4n) is 1.59. The summed E-state index contributed by atoms with van der Waals surface area (Å²) < 4.78 is 26.9. The minimum atomic E-state index is -1.28. The highest BCUT2D eigenvalue weighted by Crippen LogP contribution is 2.17. The molecule has 0 aliphatic heterocycles. The van der Waals surface area contributed by atoms with Crippen molar-refractivity contribution in [1.29, 1.82) is 0 Å². The van der Waals surface area contributed by atoms with Crippen molar-refractivity contribution in [3.8, 4) is 0 Å². The van der Waals surface area contributed by atoms with Crippen LogP contribution in [0, 0.1) is 11.6 Å². The van der Waals surface area contributed by atoms with Gasteiger partial charge in [-0.25, -0.2) is 18.4 Å². The van der Waals surface area contributed by atoms with Crippen LogP contribution in [0.2, 0.25) is 0 Å². The van der Waals surface area contributed by atoms with Gasteiger partial charge in [0.25, 0.3) is 0 Å². The highest BCUT2D eigenvalue weighted by atomic mass is 19.1. The third-order valence-electron chi connectivity index (χ3n) is 2.59. The van der Waals surface area contributed by atoms with Crippen LogP contribution in [0.4, 0.5) is 25.0 Å². The van der Waals surface area contributed by atoms with E-state index in [2.05, 4.69) is 10.6 Å². The van der Waals surface area contributed by atoms with E-state index in [-0.39, 0.29) is 16.9 Å². The van der Waals surface area contributed by atoms with Crippen molar-refractivity contribution in [3.63, 3.8) is 0 Å². The quantitative estimate of drug-likeness (QED) is 0.812. The lowest BCUT2D eigenvalue weighted by atomic mass is 10.2. The van der Waals surface area contributed by atoms with Crippen LogP contribution in [0.15, 0.2) is 42.5 Å². The Kier molecular flexibility index (Phi) is 4.13. The molecule has 2 amide bonds. The van der Waals surface area contributed by atoms with E-state index in [9.17, 15) is 18.4 Å². The van der Waals surface area contributed by atoms with E-state index >= 15 is 0 Å². The van der Waals surface area contributed by atoms with Gasteiger partial charge in [-0.05, 0) is 30.3 Å². The molecule has 2 aromatic carbocycles. The zero-order valence-electron chi connectivity index (χ0n) is 10.6. The van der Waals surface area contributed by atoms with Crippen LogP contribution in [0.1, 0.15) is 10.4 Å². The summed E-state index contributed by atoms with van der Waals surface area (Å²) in [5, 5.41) is 13.1. The molecule has 0 aromatic heterocycles. The van der Waals surface area contributed by atoms with Crippen molar-refractivity contribution in [2.45, 2.75) is 0 Å². The second-order valence-corrected chi connectivity index (χ2v) is 4.06. The molecule has 0 saturated heterocycles. The zero-order valence-corrected chi connectivity index (χ0v) is 10.6. The summed E-state index contributed by atoms with van der Waals surface area (Å²) in [6.45, 7) is 0. The molecule has 0 radical (unpaired) electrons. The van der Waals surface area contributed by atoms with Crippen LogP contribution in [-0.2, 0) is 0 Å². The lowest BCUT2D eigenvalue weighted by Gasteiger charge is -2.09. The van der Waals surface area contributed by atoms with Crippen LogP contribution in [0.5, 0.6) is 0 Å². The molecular formula is C14H10F2N2O3. The molecule has 21 heavy (non-hydrogen) atoms. The van der Waals surface area contributed by atoms with E-state index in [4.69, 9.17) is 5.11 Å². The normalized spacial score (nSPS) is 10.0. The number of halogens is 2. The summed E-state index contributed by atoms with van der Waals surface area (Å²) in [7, 11) is 0. The molecule has 2 aromatic rings. The van der Waals surface area contributed by atoms with Crippen molar-refractivity contribution in [1.82, 2.24) is 0 Å². The molecule has 0 saturated carbocycles. The summed E-state index contributed by atoms with van der Waals surface area (Å²) in [5.41, 5.74) is -0.515. The van der Waals surface area contributed by atoms with Crippen molar-refractivity contribution in [2.75, 3.05) is 10.6 Å². The van der Waals surface area contributed by atoms with E-state index in [1.165, 1.54) is 18.2 Å². The largest absolute Gasteiger partial charge is 0.478 e. The molecule has 2 rings (SSSR count). The molecular weight excluding hydrogens is 282 g/mol. The number of urea groups is 1. The molecule has 5 nitrogen and oxygen atoms in total.